The zero-order valence-electron chi connectivity index (χ0n) is 97.6. The average Bonchev–Trinajstić information content (AvgIpc) is 1.73. The summed E-state index contributed by atoms with van der Waals surface area (Å²) in [6.07, 6.45) is 19.5. The van der Waals surface area contributed by atoms with Crippen molar-refractivity contribution in [1.82, 2.24) is 0 Å². The number of Topliss-reactive ketones (excluding diaryl/α,β-unsaturated/α-hetero) is 1. The summed E-state index contributed by atoms with van der Waals surface area (Å²) in [5, 5.41) is 105. The van der Waals surface area contributed by atoms with Crippen LogP contribution in [-0.2, 0) is 95.1 Å². The number of hydrogen-bond donors (Lipinski definition) is 13. The first-order valence-electron chi connectivity index (χ1n) is 51.1. The Morgan fingerprint density at radius 3 is 0.894 bits per heavy atom. The van der Waals surface area contributed by atoms with Crippen LogP contribution in [0.2, 0.25) is 0 Å². The first-order chi connectivity index (χ1) is 65.7. The standard InChI is InChI=1S/C9H20O2.C9H12.4C6H12O2.2C6H14O2.C6H12O2.C6H10O.3C3H8O2.C3H6O2.C3H8O.C3H6O.3C3H8O.3C3H6O.C3H8.C2H6.H2O/c1-4-7-10-9(6-3)11-8-5-2;1-7-4-8(2)6-9(3)5-7;1-5-4-7-6(2,3)8-5;1-5-3-8-6(2)4-7-5;1-5-3-7-4-6(2)8-5;1-3-6-7-4-5(2)8-6;1-3-4-8-5-6(2)7;1-3-4-8-6(2)5-7;1-3-5-8-6(7)4-2;1-3-4-6(2)5-7;3*1-3(5)2-4;1-2-3(4)5;2*1-3(2)4;6*1-2-3-4;1-3-2;1-2;/h9H,4-8H2,1-3H3;4-6H,1-3H3;5H,4H2,1-3H3;3*5-6H,3-4H2,1-2H3;2*6-7H,3-5H2,1-2H3;3-5H2,1-2H3;4-5H,3H2,1-2H3;3*3-5H,2H2,1H3;2H2,1H3,(H,4,5);3-4H,1-2H3;1-2H3;3*4H,2-3H2,1H3;3*3H,2H2,1H3;3H2,1-2H3;1-2H3;1H2/b;;;;;;;;;6-4+;;;;;;;;;;;;;;;. The topological polar surface area (TPSA) is 534 Å². The lowest BCUT2D eigenvalue weighted by Crippen LogP contribution is -2.32. The summed E-state index contributed by atoms with van der Waals surface area (Å²) in [6.45, 7) is 87.4. The molecule has 15 N–H and O–H groups in total. The SMILES string of the molecule is CC.CC(C)=O.CC(C)O.CC(O)CO.CC(O)CO.CC(O)CO.CC/C=C(\C)C=O.CC1COC(C)(C)O1.CC1COC(C)CO1.CC1COCC(C)O1.CCC.CCC(=O)O.CCC1OCC(C)O1.CCC=O.CCC=O.CCC=O.CCCO.CCCO.CCCO.CCCOC(=O)CC.CCCOC(C)CO.CCCOC(CC)OCCC.CCCOCC(C)O.Cc1cc(C)cc(C)c1.O. The van der Waals surface area contributed by atoms with E-state index in [0.29, 0.717) is 89.2 Å². The molecule has 4 aliphatic heterocycles. The van der Waals surface area contributed by atoms with Crippen LogP contribution in [-0.4, -0.2) is 332 Å². The van der Waals surface area contributed by atoms with Crippen molar-refractivity contribution >= 4 is 42.9 Å². The van der Waals surface area contributed by atoms with Crippen LogP contribution in [0.3, 0.4) is 0 Å². The number of benzene rings is 1. The van der Waals surface area contributed by atoms with Gasteiger partial charge in [0.1, 0.15) is 30.9 Å². The molecule has 0 saturated carbocycles. The largest absolute Gasteiger partial charge is 0.481 e. The maximum absolute atomic E-state index is 10.3. The van der Waals surface area contributed by atoms with Gasteiger partial charge in [0.25, 0.3) is 0 Å². The lowest BCUT2D eigenvalue weighted by atomic mass is 10.1. The van der Waals surface area contributed by atoms with Gasteiger partial charge in [-0.05, 0) is 222 Å². The highest BCUT2D eigenvalue weighted by atomic mass is 16.7. The second-order valence-corrected chi connectivity index (χ2v) is 31.9. The second kappa shape index (κ2) is 166. The highest BCUT2D eigenvalue weighted by Gasteiger charge is 2.29. The second-order valence-electron chi connectivity index (χ2n) is 31.9. The van der Waals surface area contributed by atoms with Crippen LogP contribution < -0.4 is 0 Å². The predicted molar refractivity (Wildman–Crippen MR) is 577 cm³/mol. The number of ketones is 1. The first-order valence-corrected chi connectivity index (χ1v) is 51.1. The third-order valence-electron chi connectivity index (χ3n) is 12.8. The fourth-order valence-corrected chi connectivity index (χ4v) is 6.68. The maximum atomic E-state index is 10.3. The maximum Gasteiger partial charge on any atom is 0.305 e. The molecule has 0 spiro atoms. The molecule has 4 heterocycles. The van der Waals surface area contributed by atoms with Gasteiger partial charge in [0.15, 0.2) is 18.4 Å². The Balaban J connectivity index is -0.0000000607. The summed E-state index contributed by atoms with van der Waals surface area (Å²) in [5.74, 6) is -1.02. The van der Waals surface area contributed by atoms with Gasteiger partial charge in [-0.1, -0.05) is 186 Å². The smallest absolute Gasteiger partial charge is 0.305 e. The van der Waals surface area contributed by atoms with Gasteiger partial charge >= 0.3 is 11.9 Å². The van der Waals surface area contributed by atoms with E-state index in [1.165, 1.54) is 57.7 Å². The van der Waals surface area contributed by atoms with Gasteiger partial charge in [-0.25, -0.2) is 0 Å². The summed E-state index contributed by atoms with van der Waals surface area (Å²) in [4.78, 5) is 66.5. The molecular formula is C107H232O34. The molecule has 12 unspecified atom stereocenters. The summed E-state index contributed by atoms with van der Waals surface area (Å²) in [7, 11) is 0. The number of allylic oxidation sites excluding steroid dienone is 2. The molecule has 0 amide bonds. The van der Waals surface area contributed by atoms with Gasteiger partial charge in [0, 0.05) is 84.5 Å². The molecule has 4 fully saturated rings. The molecule has 0 aromatic heterocycles. The molecule has 1 aromatic rings. The van der Waals surface area contributed by atoms with Gasteiger partial charge in [0.05, 0.1) is 146 Å². The van der Waals surface area contributed by atoms with E-state index < -0.39 is 24.3 Å². The minimum Gasteiger partial charge on any atom is -0.481 e. The summed E-state index contributed by atoms with van der Waals surface area (Å²) >= 11 is 0. The van der Waals surface area contributed by atoms with Crippen molar-refractivity contribution in [1.29, 1.82) is 0 Å². The number of aldehydes is 4. The van der Waals surface area contributed by atoms with E-state index in [0.717, 1.165) is 167 Å². The van der Waals surface area contributed by atoms with E-state index >= 15 is 0 Å². The van der Waals surface area contributed by atoms with E-state index in [-0.39, 0.29) is 92.9 Å². The zero-order chi connectivity index (χ0) is 114. The quantitative estimate of drug-likeness (QED) is 0.0108. The molecule has 1 aromatic carbocycles. The molecule has 5 rings (SSSR count). The van der Waals surface area contributed by atoms with Crippen molar-refractivity contribution in [2.75, 3.05) is 126 Å². The number of aliphatic hydroxyl groups is 12. The number of aryl methyl sites for hydroxylation is 3. The molecule has 864 valence electrons. The highest BCUT2D eigenvalue weighted by Crippen LogP contribution is 2.21. The lowest BCUT2D eigenvalue weighted by molar-refractivity contribution is -0.143. The van der Waals surface area contributed by atoms with Gasteiger partial charge in [-0.15, -0.1) is 0 Å². The van der Waals surface area contributed by atoms with Crippen LogP contribution in [0.5, 0.6) is 0 Å². The summed E-state index contributed by atoms with van der Waals surface area (Å²) in [5.41, 5.74) is 4.88. The normalized spacial score (nSPS) is 16.4. The predicted octanol–water partition coefficient (Wildman–Crippen LogP) is 17.7. The van der Waals surface area contributed by atoms with Gasteiger partial charge in [0.2, 0.25) is 0 Å². The van der Waals surface area contributed by atoms with Crippen molar-refractivity contribution in [3.8, 4) is 0 Å². The monoisotopic (exact) mass is 2060 g/mol. The number of hydrogen-bond acceptors (Lipinski definition) is 32. The molecule has 34 nitrogen and oxygen atoms in total. The Labute approximate surface area is 862 Å². The van der Waals surface area contributed by atoms with Crippen molar-refractivity contribution in [3.05, 3.63) is 46.5 Å². The number of carboxylic acids is 1. The molecule has 141 heavy (non-hydrogen) atoms. The van der Waals surface area contributed by atoms with Crippen molar-refractivity contribution in [3.63, 3.8) is 0 Å². The molecule has 34 heteroatoms. The van der Waals surface area contributed by atoms with Gasteiger partial charge < -0.3 is 153 Å². The first kappa shape index (κ1) is 184. The van der Waals surface area contributed by atoms with Crippen LogP contribution in [0.4, 0.5) is 0 Å². The van der Waals surface area contributed by atoms with Crippen LogP contribution in [0.15, 0.2) is 29.8 Å². The third-order valence-corrected chi connectivity index (χ3v) is 12.8. The van der Waals surface area contributed by atoms with Crippen LogP contribution >= 0.6 is 0 Å². The molecular weight excluding hydrogens is 1830 g/mol. The van der Waals surface area contributed by atoms with E-state index in [1.54, 1.807) is 41.5 Å². The van der Waals surface area contributed by atoms with E-state index in [2.05, 4.69) is 80.5 Å². The van der Waals surface area contributed by atoms with Crippen molar-refractivity contribution in [2.45, 2.75) is 485 Å². The van der Waals surface area contributed by atoms with E-state index in [9.17, 15) is 33.6 Å². The number of carboxylic acid groups (broad SMARTS) is 1. The van der Waals surface area contributed by atoms with Crippen LogP contribution in [0.25, 0.3) is 0 Å². The molecule has 12 atom stereocenters. The van der Waals surface area contributed by atoms with E-state index in [1.807, 2.05) is 151 Å². The minimum absolute atomic E-state index is 0. The number of aliphatic hydroxyl groups excluding tert-OH is 12. The summed E-state index contributed by atoms with van der Waals surface area (Å²) in [6, 6.07) is 6.56. The molecule has 0 aliphatic carbocycles. The zero-order valence-corrected chi connectivity index (χ0v) is 97.6. The van der Waals surface area contributed by atoms with Crippen molar-refractivity contribution < 1.29 is 167 Å². The van der Waals surface area contributed by atoms with Crippen molar-refractivity contribution in [2.24, 2.45) is 0 Å². The number of esters is 1. The number of ether oxygens (including phenoxy) is 13. The minimum atomic E-state index is -0.745. The highest BCUT2D eigenvalue weighted by molar-refractivity contribution is 5.72. The fourth-order valence-electron chi connectivity index (χ4n) is 6.68. The lowest BCUT2D eigenvalue weighted by Gasteiger charge is -2.24. The number of aliphatic carboxylic acids is 1. The fraction of sp³-hybridized carbons (Fsp3) is 0.860. The molecule has 0 bridgehead atoms. The number of carbonyl (C=O) groups excluding carboxylic acids is 6. The van der Waals surface area contributed by atoms with E-state index in [4.69, 9.17) is 128 Å². The average molecular weight is 2060 g/mol. The Kier molecular flexibility index (Phi) is 217. The molecule has 4 aliphatic rings. The molecule has 0 radical (unpaired) electrons. The number of carbonyl (C=O) groups is 7. The number of rotatable bonds is 31. The Bertz CT molecular complexity index is 2240. The van der Waals surface area contributed by atoms with Gasteiger partial charge in [-0.3, -0.25) is 14.4 Å². The summed E-state index contributed by atoms with van der Waals surface area (Å²) < 4.78 is 67.7. The van der Waals surface area contributed by atoms with Crippen LogP contribution in [0.1, 0.15) is 389 Å². The van der Waals surface area contributed by atoms with Crippen LogP contribution in [0, 0.1) is 20.8 Å². The Morgan fingerprint density at radius 2 is 0.738 bits per heavy atom. The third kappa shape index (κ3) is 265. The Morgan fingerprint density at radius 1 is 0.440 bits per heavy atom. The Hall–Kier alpha value is -4.75. The molecule has 4 saturated heterocycles. The van der Waals surface area contributed by atoms with Gasteiger partial charge in [-0.2, -0.15) is 0 Å².